The molecule has 40 heavy (non-hydrogen) atoms. The highest BCUT2D eigenvalue weighted by Crippen LogP contribution is 2.38. The van der Waals surface area contributed by atoms with E-state index in [4.69, 9.17) is 9.52 Å². The summed E-state index contributed by atoms with van der Waals surface area (Å²) in [5.74, 6) is -1.60. The molecule has 1 aliphatic carbocycles. The lowest BCUT2D eigenvalue weighted by Gasteiger charge is -2.17. The highest BCUT2D eigenvalue weighted by Gasteiger charge is 2.51. The molecule has 0 atom stereocenters. The molecule has 4 aromatic rings. The summed E-state index contributed by atoms with van der Waals surface area (Å²) < 4.78 is 19.5. The molecule has 0 radical (unpaired) electrons. The van der Waals surface area contributed by atoms with E-state index in [1.54, 1.807) is 35.8 Å². The van der Waals surface area contributed by atoms with E-state index in [-0.39, 0.29) is 5.91 Å². The van der Waals surface area contributed by atoms with Crippen molar-refractivity contribution in [2.45, 2.75) is 25.3 Å². The number of carbonyl (C=O) groups excluding carboxylic acids is 3. The number of hydrogen-bond acceptors (Lipinski definition) is 5. The van der Waals surface area contributed by atoms with Crippen LogP contribution in [0.15, 0.2) is 65.1 Å². The number of carbonyl (C=O) groups is 4. The zero-order valence-electron chi connectivity index (χ0n) is 21.6. The molecule has 1 saturated carbocycles. The molecule has 5 N–H and O–H groups in total. The summed E-state index contributed by atoms with van der Waals surface area (Å²) in [6.45, 7) is 1.88. The quantitative estimate of drug-likeness (QED) is 0.230. The maximum Gasteiger partial charge on any atom is 0.423 e. The summed E-state index contributed by atoms with van der Waals surface area (Å²) in [6.07, 6.45) is -0.668. The average molecular weight is 545 g/mol. The SMILES string of the molecule is CNC(=O)c1c(-c2ccc(F)cc2)oc2ccc(-c3cc(C(=O)NC4(C(=O)NNC(=O)O)CC4)ccc3C)cc12. The van der Waals surface area contributed by atoms with Crippen molar-refractivity contribution in [3.8, 4) is 22.5 Å². The van der Waals surface area contributed by atoms with E-state index in [0.717, 1.165) is 16.7 Å². The van der Waals surface area contributed by atoms with Crippen LogP contribution in [0, 0.1) is 12.7 Å². The Balaban J connectivity index is 1.49. The lowest BCUT2D eigenvalue weighted by molar-refractivity contribution is -0.124. The summed E-state index contributed by atoms with van der Waals surface area (Å²) in [5.41, 5.74) is 6.62. The fraction of sp³-hybridized carbons (Fsp3) is 0.172. The topological polar surface area (TPSA) is 150 Å². The number of aryl methyl sites for hydroxylation is 1. The molecule has 3 aromatic carbocycles. The van der Waals surface area contributed by atoms with Crippen LogP contribution in [0.1, 0.15) is 39.1 Å². The summed E-state index contributed by atoms with van der Waals surface area (Å²) >= 11 is 0. The van der Waals surface area contributed by atoms with Gasteiger partial charge in [0.05, 0.1) is 5.56 Å². The Labute approximate surface area is 227 Å². The van der Waals surface area contributed by atoms with E-state index in [2.05, 4.69) is 16.1 Å². The minimum Gasteiger partial charge on any atom is -0.464 e. The van der Waals surface area contributed by atoms with Crippen LogP contribution in [-0.2, 0) is 4.79 Å². The number of nitrogens with one attached hydrogen (secondary N) is 4. The highest BCUT2D eigenvalue weighted by molar-refractivity contribution is 6.12. The van der Waals surface area contributed by atoms with Gasteiger partial charge in [0.1, 0.15) is 22.7 Å². The number of hydrazine groups is 1. The Morgan fingerprint density at radius 2 is 1.60 bits per heavy atom. The van der Waals surface area contributed by atoms with Gasteiger partial charge in [0.2, 0.25) is 0 Å². The molecule has 1 aromatic heterocycles. The minimum atomic E-state index is -1.42. The molecule has 1 fully saturated rings. The third-order valence-electron chi connectivity index (χ3n) is 6.88. The van der Waals surface area contributed by atoms with E-state index in [9.17, 15) is 23.6 Å². The van der Waals surface area contributed by atoms with Crippen LogP contribution in [-0.4, -0.2) is 41.5 Å². The van der Waals surface area contributed by atoms with Gasteiger partial charge in [0.25, 0.3) is 17.7 Å². The second-order valence-corrected chi connectivity index (χ2v) is 9.55. The van der Waals surface area contributed by atoms with Crippen molar-refractivity contribution < 1.29 is 33.1 Å². The molecule has 5 rings (SSSR count). The first kappa shape index (κ1) is 26.4. The molecule has 1 heterocycles. The van der Waals surface area contributed by atoms with Crippen molar-refractivity contribution in [2.75, 3.05) is 7.05 Å². The van der Waals surface area contributed by atoms with Crippen LogP contribution >= 0.6 is 0 Å². The van der Waals surface area contributed by atoms with E-state index in [1.165, 1.54) is 31.3 Å². The van der Waals surface area contributed by atoms with E-state index in [1.807, 2.05) is 13.0 Å². The normalized spacial score (nSPS) is 13.4. The molecule has 1 aliphatic rings. The molecule has 0 unspecified atom stereocenters. The van der Waals surface area contributed by atoms with Gasteiger partial charge in [-0.05, 0) is 85.0 Å². The molecule has 0 bridgehead atoms. The number of hydrogen-bond donors (Lipinski definition) is 5. The second kappa shape index (κ2) is 10.2. The number of furan rings is 1. The van der Waals surface area contributed by atoms with Crippen molar-refractivity contribution in [1.29, 1.82) is 0 Å². The second-order valence-electron chi connectivity index (χ2n) is 9.55. The van der Waals surface area contributed by atoms with Crippen LogP contribution in [0.4, 0.5) is 9.18 Å². The van der Waals surface area contributed by atoms with Gasteiger partial charge in [-0.1, -0.05) is 12.1 Å². The van der Waals surface area contributed by atoms with Crippen LogP contribution in [0.3, 0.4) is 0 Å². The summed E-state index contributed by atoms with van der Waals surface area (Å²) in [4.78, 5) is 49.1. The van der Waals surface area contributed by atoms with Crippen LogP contribution in [0.25, 0.3) is 33.4 Å². The van der Waals surface area contributed by atoms with E-state index >= 15 is 0 Å². The van der Waals surface area contributed by atoms with Gasteiger partial charge in [-0.2, -0.15) is 0 Å². The van der Waals surface area contributed by atoms with Gasteiger partial charge in [0.15, 0.2) is 0 Å². The lowest BCUT2D eigenvalue weighted by Crippen LogP contribution is -2.53. The maximum atomic E-state index is 13.5. The largest absolute Gasteiger partial charge is 0.464 e. The first-order valence-corrected chi connectivity index (χ1v) is 12.4. The molecular formula is C29H25FN4O6. The molecular weight excluding hydrogens is 519 g/mol. The minimum absolute atomic E-state index is 0.300. The van der Waals surface area contributed by atoms with Gasteiger partial charge >= 0.3 is 6.09 Å². The average Bonchev–Trinajstić information content (AvgIpc) is 3.63. The zero-order chi connectivity index (χ0) is 28.6. The monoisotopic (exact) mass is 544 g/mol. The molecule has 0 spiro atoms. The first-order valence-electron chi connectivity index (χ1n) is 12.4. The number of rotatable bonds is 6. The number of benzene rings is 3. The number of carboxylic acid groups (broad SMARTS) is 1. The van der Waals surface area contributed by atoms with Gasteiger partial charge in [-0.15, -0.1) is 0 Å². The fourth-order valence-electron chi connectivity index (χ4n) is 4.55. The molecule has 204 valence electrons. The Morgan fingerprint density at radius 1 is 0.900 bits per heavy atom. The highest BCUT2D eigenvalue weighted by atomic mass is 19.1. The summed E-state index contributed by atoms with van der Waals surface area (Å²) in [7, 11) is 1.51. The molecule has 0 aliphatic heterocycles. The third kappa shape index (κ3) is 4.96. The molecule has 10 nitrogen and oxygen atoms in total. The first-order chi connectivity index (χ1) is 19.1. The van der Waals surface area contributed by atoms with Gasteiger partial charge in [-0.3, -0.25) is 19.8 Å². The fourth-order valence-corrected chi connectivity index (χ4v) is 4.55. The summed E-state index contributed by atoms with van der Waals surface area (Å²) in [5, 5.41) is 14.6. The predicted molar refractivity (Wildman–Crippen MR) is 144 cm³/mol. The predicted octanol–water partition coefficient (Wildman–Crippen LogP) is 4.14. The molecule has 0 saturated heterocycles. The van der Waals surface area contributed by atoms with Gasteiger partial charge < -0.3 is 20.2 Å². The van der Waals surface area contributed by atoms with E-state index < -0.39 is 29.3 Å². The standard InChI is InChI=1S/C29H25FN4O6/c1-15-3-4-18(25(35)32-29(11-12-29)27(37)33-34-28(38)39)14-20(15)17-7-10-22-21(13-17)23(26(36)31-2)24(40-22)16-5-8-19(30)9-6-16/h3-10,13-14,34H,11-12H2,1-2H3,(H,31,36)(H,32,35)(H,33,37)(H,38,39). The van der Waals surface area contributed by atoms with E-state index in [0.29, 0.717) is 46.3 Å². The molecule has 11 heteroatoms. The van der Waals surface area contributed by atoms with Crippen molar-refractivity contribution in [1.82, 2.24) is 21.5 Å². The van der Waals surface area contributed by atoms with Crippen molar-refractivity contribution in [3.05, 3.63) is 83.2 Å². The Morgan fingerprint density at radius 3 is 2.25 bits per heavy atom. The Bertz CT molecular complexity index is 1670. The van der Waals surface area contributed by atoms with Crippen LogP contribution in [0.5, 0.6) is 0 Å². The molecule has 4 amide bonds. The van der Waals surface area contributed by atoms with Crippen molar-refractivity contribution in [2.24, 2.45) is 0 Å². The van der Waals surface area contributed by atoms with Crippen molar-refractivity contribution in [3.63, 3.8) is 0 Å². The third-order valence-corrected chi connectivity index (χ3v) is 6.88. The number of amides is 4. The Hall–Kier alpha value is -5.19. The van der Waals surface area contributed by atoms with Gasteiger partial charge in [0, 0.05) is 23.6 Å². The van der Waals surface area contributed by atoms with Gasteiger partial charge in [-0.25, -0.2) is 14.6 Å². The lowest BCUT2D eigenvalue weighted by atomic mass is 9.95. The Kier molecular flexibility index (Phi) is 6.72. The smallest absolute Gasteiger partial charge is 0.423 e. The number of halogens is 1. The number of fused-ring (bicyclic) bond motifs is 1. The summed E-state index contributed by atoms with van der Waals surface area (Å²) in [6, 6.07) is 16.1. The van der Waals surface area contributed by atoms with Crippen molar-refractivity contribution >= 4 is 34.8 Å². The zero-order valence-corrected chi connectivity index (χ0v) is 21.6. The van der Waals surface area contributed by atoms with Crippen LogP contribution < -0.4 is 21.5 Å². The maximum absolute atomic E-state index is 13.5. The van der Waals surface area contributed by atoms with Crippen LogP contribution in [0.2, 0.25) is 0 Å².